The predicted molar refractivity (Wildman–Crippen MR) is 112 cm³/mol. The Labute approximate surface area is 187 Å². The first-order valence-electron chi connectivity index (χ1n) is 9.39. The fraction of sp³-hybridized carbons (Fsp3) is 0.529. The summed E-state index contributed by atoms with van der Waals surface area (Å²) in [5.74, 6) is -5.30. The number of amides is 3. The number of carboxylic acid groups (broad SMARTS) is 2. The van der Waals surface area contributed by atoms with Crippen LogP contribution in [0.2, 0.25) is 0 Å². The van der Waals surface area contributed by atoms with Crippen molar-refractivity contribution in [2.75, 3.05) is 12.4 Å². The molecular formula is C17H26N6O8S. The van der Waals surface area contributed by atoms with Gasteiger partial charge in [0.1, 0.15) is 18.1 Å². The molecule has 0 aliphatic carbocycles. The van der Waals surface area contributed by atoms with E-state index in [2.05, 4.69) is 38.5 Å². The second-order valence-electron chi connectivity index (χ2n) is 6.71. The average molecular weight is 474 g/mol. The van der Waals surface area contributed by atoms with Crippen LogP contribution in [0, 0.1) is 0 Å². The molecule has 1 heterocycles. The summed E-state index contributed by atoms with van der Waals surface area (Å²) in [6, 6.07) is -5.32. The topological polar surface area (TPSA) is 237 Å². The number of nitrogens with two attached hydrogens (primary N) is 1. The van der Waals surface area contributed by atoms with Crippen molar-refractivity contribution in [3.63, 3.8) is 0 Å². The number of aromatic nitrogens is 2. The molecule has 0 saturated heterocycles. The lowest BCUT2D eigenvalue weighted by molar-refractivity contribution is -0.143. The van der Waals surface area contributed by atoms with Crippen LogP contribution in [0.5, 0.6) is 0 Å². The number of nitrogens with one attached hydrogen (secondary N) is 4. The molecule has 1 aromatic heterocycles. The molecule has 0 bridgehead atoms. The standard InChI is InChI=1S/C17H26N6O8S/c18-9(6-32)14(27)22-11(3-8-4-19-7-20-8)15(28)23-12(5-24)16(29)21-10(17(30)31)1-2-13(25)26/h4,7,9-12,24,32H,1-3,5-6,18H2,(H,19,20)(H,21,29)(H,22,27)(H,23,28)(H,25,26)(H,30,31). The van der Waals surface area contributed by atoms with Gasteiger partial charge in [0.15, 0.2) is 0 Å². The van der Waals surface area contributed by atoms with Crippen LogP contribution in [-0.4, -0.2) is 91.5 Å². The van der Waals surface area contributed by atoms with Gasteiger partial charge in [-0.2, -0.15) is 12.6 Å². The van der Waals surface area contributed by atoms with E-state index in [1.165, 1.54) is 12.5 Å². The van der Waals surface area contributed by atoms with Gasteiger partial charge in [-0.15, -0.1) is 0 Å². The Morgan fingerprint density at radius 3 is 2.12 bits per heavy atom. The summed E-state index contributed by atoms with van der Waals surface area (Å²) in [5.41, 5.74) is 6.09. The van der Waals surface area contributed by atoms with Crippen LogP contribution >= 0.6 is 12.6 Å². The zero-order valence-corrected chi connectivity index (χ0v) is 17.7. The van der Waals surface area contributed by atoms with Gasteiger partial charge >= 0.3 is 11.9 Å². The van der Waals surface area contributed by atoms with E-state index in [0.29, 0.717) is 5.69 Å². The van der Waals surface area contributed by atoms with Crippen molar-refractivity contribution in [3.05, 3.63) is 18.2 Å². The molecule has 178 valence electrons. The summed E-state index contributed by atoms with van der Waals surface area (Å²) >= 11 is 3.92. The first kappa shape index (κ1) is 26.9. The minimum Gasteiger partial charge on any atom is -0.481 e. The Balaban J connectivity index is 2.88. The van der Waals surface area contributed by atoms with Crippen LogP contribution in [0.15, 0.2) is 12.5 Å². The van der Waals surface area contributed by atoms with Gasteiger partial charge in [-0.25, -0.2) is 9.78 Å². The van der Waals surface area contributed by atoms with Gasteiger partial charge in [0.05, 0.1) is 19.0 Å². The third-order valence-corrected chi connectivity index (χ3v) is 4.62. The number of thiol groups is 1. The van der Waals surface area contributed by atoms with Gasteiger partial charge in [0.2, 0.25) is 17.7 Å². The molecule has 1 aromatic rings. The monoisotopic (exact) mass is 474 g/mol. The third-order valence-electron chi connectivity index (χ3n) is 4.22. The van der Waals surface area contributed by atoms with E-state index in [4.69, 9.17) is 15.9 Å². The summed E-state index contributed by atoms with van der Waals surface area (Å²) in [6.07, 6.45) is 1.81. The molecule has 0 radical (unpaired) electrons. The first-order valence-corrected chi connectivity index (χ1v) is 10.0. The molecule has 15 heteroatoms. The molecule has 0 aromatic carbocycles. The number of H-pyrrole nitrogens is 1. The summed E-state index contributed by atoms with van der Waals surface area (Å²) in [7, 11) is 0. The number of hydrogen-bond acceptors (Lipinski definition) is 9. The van der Waals surface area contributed by atoms with Crippen molar-refractivity contribution in [3.8, 4) is 0 Å². The minimum absolute atomic E-state index is 0.0127. The summed E-state index contributed by atoms with van der Waals surface area (Å²) in [5, 5.41) is 34.1. The van der Waals surface area contributed by atoms with E-state index in [-0.39, 0.29) is 12.2 Å². The fourth-order valence-corrected chi connectivity index (χ4v) is 2.62. The Morgan fingerprint density at radius 1 is 1.03 bits per heavy atom. The Kier molecular flexibility index (Phi) is 11.2. The lowest BCUT2D eigenvalue weighted by Gasteiger charge is -2.24. The van der Waals surface area contributed by atoms with E-state index < -0.39 is 73.3 Å². The highest BCUT2D eigenvalue weighted by molar-refractivity contribution is 7.80. The van der Waals surface area contributed by atoms with Gasteiger partial charge in [-0.3, -0.25) is 19.2 Å². The van der Waals surface area contributed by atoms with Crippen LogP contribution in [0.1, 0.15) is 18.5 Å². The van der Waals surface area contributed by atoms with Crippen molar-refractivity contribution in [2.24, 2.45) is 5.73 Å². The molecule has 4 atom stereocenters. The van der Waals surface area contributed by atoms with Crippen LogP contribution in [0.4, 0.5) is 0 Å². The molecule has 9 N–H and O–H groups in total. The van der Waals surface area contributed by atoms with E-state index in [0.717, 1.165) is 0 Å². The minimum atomic E-state index is -1.56. The maximum Gasteiger partial charge on any atom is 0.326 e. The van der Waals surface area contributed by atoms with Gasteiger partial charge < -0.3 is 42.0 Å². The van der Waals surface area contributed by atoms with Gasteiger partial charge in [0, 0.05) is 30.5 Å². The Bertz CT molecular complexity index is 805. The van der Waals surface area contributed by atoms with E-state index >= 15 is 0 Å². The number of carbonyl (C=O) groups excluding carboxylic acids is 3. The number of carbonyl (C=O) groups is 5. The zero-order valence-electron chi connectivity index (χ0n) is 16.9. The molecule has 14 nitrogen and oxygen atoms in total. The average Bonchev–Trinajstić information content (AvgIpc) is 3.26. The summed E-state index contributed by atoms with van der Waals surface area (Å²) in [6.45, 7) is -0.885. The highest BCUT2D eigenvalue weighted by Gasteiger charge is 2.30. The third kappa shape index (κ3) is 8.91. The van der Waals surface area contributed by atoms with Gasteiger partial charge in [-0.1, -0.05) is 0 Å². The second-order valence-corrected chi connectivity index (χ2v) is 7.07. The molecule has 0 aliphatic heterocycles. The van der Waals surface area contributed by atoms with Crippen molar-refractivity contribution in [1.82, 2.24) is 25.9 Å². The number of aliphatic hydroxyl groups excluding tert-OH is 1. The normalized spacial score (nSPS) is 14.5. The largest absolute Gasteiger partial charge is 0.481 e. The molecule has 1 rings (SSSR count). The van der Waals surface area contributed by atoms with Gasteiger partial charge in [0.25, 0.3) is 0 Å². The van der Waals surface area contributed by atoms with Crippen LogP contribution in [0.25, 0.3) is 0 Å². The Morgan fingerprint density at radius 2 is 1.62 bits per heavy atom. The van der Waals surface area contributed by atoms with Gasteiger partial charge in [-0.05, 0) is 6.42 Å². The molecule has 4 unspecified atom stereocenters. The second kappa shape index (κ2) is 13.3. The van der Waals surface area contributed by atoms with E-state index in [1.807, 2.05) is 0 Å². The molecular weight excluding hydrogens is 448 g/mol. The fourth-order valence-electron chi connectivity index (χ4n) is 2.45. The van der Waals surface area contributed by atoms with Crippen molar-refractivity contribution < 1.29 is 39.3 Å². The van der Waals surface area contributed by atoms with Crippen LogP contribution in [-0.2, 0) is 30.4 Å². The van der Waals surface area contributed by atoms with E-state index in [1.54, 1.807) is 0 Å². The summed E-state index contributed by atoms with van der Waals surface area (Å²) < 4.78 is 0. The molecule has 0 aliphatic rings. The van der Waals surface area contributed by atoms with Crippen molar-refractivity contribution >= 4 is 42.3 Å². The molecule has 3 amide bonds. The number of hydrogen-bond donors (Lipinski definition) is 9. The first-order chi connectivity index (χ1) is 15.1. The Hall–Kier alpha value is -3.17. The number of carboxylic acids is 2. The lowest BCUT2D eigenvalue weighted by atomic mass is 10.1. The maximum absolute atomic E-state index is 12.7. The van der Waals surface area contributed by atoms with Crippen molar-refractivity contribution in [2.45, 2.75) is 43.4 Å². The lowest BCUT2D eigenvalue weighted by Crippen LogP contribution is -2.58. The number of aromatic amines is 1. The highest BCUT2D eigenvalue weighted by Crippen LogP contribution is 2.02. The number of aliphatic hydroxyl groups is 1. The summed E-state index contributed by atoms with van der Waals surface area (Å²) in [4.78, 5) is 65.7. The van der Waals surface area contributed by atoms with Crippen molar-refractivity contribution in [1.29, 1.82) is 0 Å². The zero-order chi connectivity index (χ0) is 24.3. The number of rotatable bonds is 14. The van der Waals surface area contributed by atoms with Crippen LogP contribution in [0.3, 0.4) is 0 Å². The highest BCUT2D eigenvalue weighted by atomic mass is 32.1. The number of imidazole rings is 1. The maximum atomic E-state index is 12.7. The molecule has 32 heavy (non-hydrogen) atoms. The number of nitrogens with zero attached hydrogens (tertiary/aromatic N) is 1. The van der Waals surface area contributed by atoms with E-state index in [9.17, 15) is 29.1 Å². The SMILES string of the molecule is NC(CS)C(=O)NC(Cc1cnc[nH]1)C(=O)NC(CO)C(=O)NC(CCC(=O)O)C(=O)O. The molecule has 0 saturated carbocycles. The van der Waals surface area contributed by atoms with Crippen LogP contribution < -0.4 is 21.7 Å². The molecule has 0 fully saturated rings. The smallest absolute Gasteiger partial charge is 0.326 e. The predicted octanol–water partition coefficient (Wildman–Crippen LogP) is -3.39. The number of aliphatic carboxylic acids is 2. The quantitative estimate of drug-likeness (QED) is 0.121. The molecule has 0 spiro atoms.